The van der Waals surface area contributed by atoms with Crippen molar-refractivity contribution in [1.29, 1.82) is 0 Å². The topological polar surface area (TPSA) is 32.3 Å². The van der Waals surface area contributed by atoms with Crippen molar-refractivity contribution in [3.05, 3.63) is 35.9 Å². The van der Waals surface area contributed by atoms with Crippen LogP contribution in [0.25, 0.3) is 0 Å². The predicted molar refractivity (Wildman–Crippen MR) is 82.8 cm³/mol. The van der Waals surface area contributed by atoms with Gasteiger partial charge in [-0.3, -0.25) is 4.79 Å². The molecule has 1 saturated carbocycles. The van der Waals surface area contributed by atoms with Gasteiger partial charge in [0, 0.05) is 22.6 Å². The van der Waals surface area contributed by atoms with Crippen LogP contribution in [-0.4, -0.2) is 36.5 Å². The van der Waals surface area contributed by atoms with Crippen molar-refractivity contribution < 1.29 is 4.79 Å². The summed E-state index contributed by atoms with van der Waals surface area (Å²) in [5, 5.41) is 3.23. The third-order valence-electron chi connectivity index (χ3n) is 5.51. The van der Waals surface area contributed by atoms with Gasteiger partial charge < -0.3 is 10.2 Å². The van der Waals surface area contributed by atoms with E-state index in [2.05, 4.69) is 45.1 Å². The van der Waals surface area contributed by atoms with Crippen LogP contribution in [0.1, 0.15) is 44.0 Å². The molecule has 3 heteroatoms. The molecular weight excluding hydrogens is 248 g/mol. The highest BCUT2D eigenvalue weighted by molar-refractivity contribution is 5.94. The summed E-state index contributed by atoms with van der Waals surface area (Å²) in [6.45, 7) is 6.81. The molecule has 20 heavy (non-hydrogen) atoms. The SMILES string of the molecule is CN(C)C1(C)CCC(NC(=O)c2ccccc2)C1(C)C. The Kier molecular flexibility index (Phi) is 3.92. The first-order valence-corrected chi connectivity index (χ1v) is 7.32. The molecule has 0 aromatic heterocycles. The van der Waals surface area contributed by atoms with E-state index in [4.69, 9.17) is 0 Å². The van der Waals surface area contributed by atoms with Gasteiger partial charge in [0.15, 0.2) is 0 Å². The van der Waals surface area contributed by atoms with Crippen molar-refractivity contribution in [1.82, 2.24) is 10.2 Å². The fourth-order valence-electron chi connectivity index (χ4n) is 3.37. The first-order valence-electron chi connectivity index (χ1n) is 7.32. The maximum absolute atomic E-state index is 12.3. The van der Waals surface area contributed by atoms with Crippen LogP contribution >= 0.6 is 0 Å². The summed E-state index contributed by atoms with van der Waals surface area (Å²) in [5.74, 6) is 0.0340. The van der Waals surface area contributed by atoms with Gasteiger partial charge in [0.1, 0.15) is 0 Å². The molecule has 0 saturated heterocycles. The Labute approximate surface area is 122 Å². The quantitative estimate of drug-likeness (QED) is 0.919. The number of carbonyl (C=O) groups excluding carboxylic acids is 1. The molecular formula is C17H26N2O. The van der Waals surface area contributed by atoms with Gasteiger partial charge in [0.25, 0.3) is 5.91 Å². The lowest BCUT2D eigenvalue weighted by molar-refractivity contribution is 0.0470. The molecule has 0 radical (unpaired) electrons. The van der Waals surface area contributed by atoms with Crippen LogP contribution in [0.4, 0.5) is 0 Å². The third-order valence-corrected chi connectivity index (χ3v) is 5.51. The zero-order valence-corrected chi connectivity index (χ0v) is 13.2. The predicted octanol–water partition coefficient (Wildman–Crippen LogP) is 2.93. The standard InChI is InChI=1S/C17H26N2O/c1-16(2)14(11-12-17(16,3)19(4)5)18-15(20)13-9-7-6-8-10-13/h6-10,14H,11-12H2,1-5H3,(H,18,20). The fourth-order valence-corrected chi connectivity index (χ4v) is 3.37. The number of nitrogens with one attached hydrogen (secondary N) is 1. The van der Waals surface area contributed by atoms with Crippen LogP contribution in [0.3, 0.4) is 0 Å². The molecule has 1 aromatic carbocycles. The van der Waals surface area contributed by atoms with Crippen molar-refractivity contribution >= 4 is 5.91 Å². The molecule has 2 rings (SSSR count). The fraction of sp³-hybridized carbons (Fsp3) is 0.588. The lowest BCUT2D eigenvalue weighted by Gasteiger charge is -2.46. The number of amides is 1. The molecule has 110 valence electrons. The summed E-state index contributed by atoms with van der Waals surface area (Å²) in [5.41, 5.74) is 0.893. The number of rotatable bonds is 3. The largest absolute Gasteiger partial charge is 0.349 e. The minimum Gasteiger partial charge on any atom is -0.349 e. The lowest BCUT2D eigenvalue weighted by atomic mass is 9.73. The van der Waals surface area contributed by atoms with E-state index in [0.29, 0.717) is 0 Å². The summed E-state index contributed by atoms with van der Waals surface area (Å²) >= 11 is 0. The van der Waals surface area contributed by atoms with Crippen molar-refractivity contribution in [2.75, 3.05) is 14.1 Å². The summed E-state index contributed by atoms with van der Waals surface area (Å²) < 4.78 is 0. The number of hydrogen-bond donors (Lipinski definition) is 1. The summed E-state index contributed by atoms with van der Waals surface area (Å²) in [6, 6.07) is 9.67. The van der Waals surface area contributed by atoms with Gasteiger partial charge in [-0.05, 0) is 46.0 Å². The molecule has 1 aliphatic carbocycles. The number of benzene rings is 1. The van der Waals surface area contributed by atoms with Gasteiger partial charge in [-0.2, -0.15) is 0 Å². The minimum absolute atomic E-state index is 0.0340. The molecule has 1 fully saturated rings. The van der Waals surface area contributed by atoms with E-state index in [-0.39, 0.29) is 22.9 Å². The van der Waals surface area contributed by atoms with E-state index in [1.807, 2.05) is 30.3 Å². The molecule has 1 amide bonds. The second-order valence-electron chi connectivity index (χ2n) is 6.82. The number of carbonyl (C=O) groups is 1. The zero-order chi connectivity index (χ0) is 15.0. The van der Waals surface area contributed by atoms with Gasteiger partial charge >= 0.3 is 0 Å². The number of hydrogen-bond acceptors (Lipinski definition) is 2. The molecule has 2 atom stereocenters. The first kappa shape index (κ1) is 15.0. The average Bonchev–Trinajstić information content (AvgIpc) is 2.64. The maximum Gasteiger partial charge on any atom is 0.251 e. The molecule has 2 unspecified atom stereocenters. The van der Waals surface area contributed by atoms with Crippen LogP contribution in [0.2, 0.25) is 0 Å². The normalized spacial score (nSPS) is 28.6. The Balaban J connectivity index is 2.14. The van der Waals surface area contributed by atoms with Crippen LogP contribution in [0.5, 0.6) is 0 Å². The Hall–Kier alpha value is -1.35. The highest BCUT2D eigenvalue weighted by Gasteiger charge is 2.53. The monoisotopic (exact) mass is 274 g/mol. The Morgan fingerprint density at radius 2 is 1.80 bits per heavy atom. The Morgan fingerprint density at radius 1 is 1.20 bits per heavy atom. The Bertz CT molecular complexity index is 481. The second-order valence-corrected chi connectivity index (χ2v) is 6.82. The van der Waals surface area contributed by atoms with Gasteiger partial charge in [-0.25, -0.2) is 0 Å². The van der Waals surface area contributed by atoms with E-state index in [1.54, 1.807) is 0 Å². The van der Waals surface area contributed by atoms with E-state index >= 15 is 0 Å². The number of nitrogens with zero attached hydrogens (tertiary/aromatic N) is 1. The van der Waals surface area contributed by atoms with Crippen LogP contribution in [-0.2, 0) is 0 Å². The maximum atomic E-state index is 12.3. The molecule has 0 bridgehead atoms. The van der Waals surface area contributed by atoms with Gasteiger partial charge in [-0.1, -0.05) is 32.0 Å². The van der Waals surface area contributed by atoms with Crippen molar-refractivity contribution in [2.45, 2.75) is 45.2 Å². The molecule has 1 aliphatic rings. The van der Waals surface area contributed by atoms with Gasteiger partial charge in [-0.15, -0.1) is 0 Å². The second kappa shape index (κ2) is 5.21. The smallest absolute Gasteiger partial charge is 0.251 e. The van der Waals surface area contributed by atoms with Gasteiger partial charge in [0.05, 0.1) is 0 Å². The highest BCUT2D eigenvalue weighted by atomic mass is 16.1. The first-order chi connectivity index (χ1) is 9.29. The third kappa shape index (κ3) is 2.35. The zero-order valence-electron chi connectivity index (χ0n) is 13.2. The average molecular weight is 274 g/mol. The summed E-state index contributed by atoms with van der Waals surface area (Å²) in [7, 11) is 4.26. The molecule has 1 N–H and O–H groups in total. The molecule has 0 spiro atoms. The van der Waals surface area contributed by atoms with Crippen molar-refractivity contribution in [3.63, 3.8) is 0 Å². The summed E-state index contributed by atoms with van der Waals surface area (Å²) in [6.07, 6.45) is 2.13. The van der Waals surface area contributed by atoms with Crippen molar-refractivity contribution in [2.24, 2.45) is 5.41 Å². The van der Waals surface area contributed by atoms with E-state index in [1.165, 1.54) is 0 Å². The van der Waals surface area contributed by atoms with Crippen LogP contribution < -0.4 is 5.32 Å². The lowest BCUT2D eigenvalue weighted by Crippen LogP contribution is -2.55. The summed E-state index contributed by atoms with van der Waals surface area (Å²) in [4.78, 5) is 14.6. The van der Waals surface area contributed by atoms with Crippen LogP contribution in [0.15, 0.2) is 30.3 Å². The highest BCUT2D eigenvalue weighted by Crippen LogP contribution is 2.48. The molecule has 3 nitrogen and oxygen atoms in total. The van der Waals surface area contributed by atoms with Crippen molar-refractivity contribution in [3.8, 4) is 0 Å². The minimum atomic E-state index is 0.0340. The Morgan fingerprint density at radius 3 is 2.30 bits per heavy atom. The van der Waals surface area contributed by atoms with E-state index < -0.39 is 0 Å². The van der Waals surface area contributed by atoms with E-state index in [0.717, 1.165) is 18.4 Å². The molecule has 1 aromatic rings. The van der Waals surface area contributed by atoms with E-state index in [9.17, 15) is 4.79 Å². The van der Waals surface area contributed by atoms with Gasteiger partial charge in [0.2, 0.25) is 0 Å². The molecule has 0 heterocycles. The molecule has 0 aliphatic heterocycles. The van der Waals surface area contributed by atoms with Crippen LogP contribution in [0, 0.1) is 5.41 Å².